The maximum atomic E-state index is 12.4. The predicted molar refractivity (Wildman–Crippen MR) is 95.3 cm³/mol. The molecule has 0 unspecified atom stereocenters. The molecule has 5 heteroatoms. The van der Waals surface area contributed by atoms with E-state index in [2.05, 4.69) is 5.32 Å². The quantitative estimate of drug-likeness (QED) is 0.480. The van der Waals surface area contributed by atoms with Gasteiger partial charge in [0.1, 0.15) is 5.70 Å². The highest BCUT2D eigenvalue weighted by Gasteiger charge is 2.14. The van der Waals surface area contributed by atoms with Crippen LogP contribution in [0.2, 0.25) is 5.02 Å². The Morgan fingerprint density at radius 1 is 1.08 bits per heavy atom. The summed E-state index contributed by atoms with van der Waals surface area (Å²) in [5.74, 6) is -0.868. The highest BCUT2D eigenvalue weighted by atomic mass is 35.5. The number of halogens is 1. The van der Waals surface area contributed by atoms with E-state index in [1.54, 1.807) is 43.3 Å². The number of carbonyl (C=O) groups is 2. The Bertz CT molecular complexity index is 749. The molecule has 0 amide bonds. The van der Waals surface area contributed by atoms with E-state index in [1.165, 1.54) is 6.08 Å². The highest BCUT2D eigenvalue weighted by Crippen LogP contribution is 2.16. The Labute approximate surface area is 146 Å². The van der Waals surface area contributed by atoms with Crippen molar-refractivity contribution in [2.24, 2.45) is 0 Å². The first-order valence-corrected chi connectivity index (χ1v) is 7.90. The van der Waals surface area contributed by atoms with Crippen LogP contribution in [0.15, 0.2) is 60.3 Å². The van der Waals surface area contributed by atoms with Crippen molar-refractivity contribution < 1.29 is 14.3 Å². The molecule has 0 heterocycles. The van der Waals surface area contributed by atoms with E-state index in [0.717, 1.165) is 5.56 Å². The monoisotopic (exact) mass is 343 g/mol. The summed E-state index contributed by atoms with van der Waals surface area (Å²) in [5, 5.41) is 3.49. The third-order valence-corrected chi connectivity index (χ3v) is 3.48. The maximum absolute atomic E-state index is 12.4. The van der Waals surface area contributed by atoms with E-state index in [9.17, 15) is 9.59 Å². The number of anilines is 1. The van der Waals surface area contributed by atoms with Crippen LogP contribution in [-0.4, -0.2) is 18.4 Å². The number of rotatable bonds is 6. The maximum Gasteiger partial charge on any atom is 0.354 e. The number of aryl methyl sites for hydroxylation is 1. The average Bonchev–Trinajstić information content (AvgIpc) is 2.57. The number of esters is 1. The Morgan fingerprint density at radius 2 is 1.71 bits per heavy atom. The second kappa shape index (κ2) is 8.31. The molecule has 2 aromatic rings. The van der Waals surface area contributed by atoms with Gasteiger partial charge in [-0.3, -0.25) is 4.79 Å². The van der Waals surface area contributed by atoms with Crippen LogP contribution in [0.5, 0.6) is 0 Å². The number of benzene rings is 2. The van der Waals surface area contributed by atoms with Gasteiger partial charge in [0.25, 0.3) is 0 Å². The summed E-state index contributed by atoms with van der Waals surface area (Å²) in [6.07, 6.45) is 1.25. The van der Waals surface area contributed by atoms with Crippen LogP contribution in [0.25, 0.3) is 0 Å². The zero-order valence-corrected chi connectivity index (χ0v) is 14.3. The molecule has 0 saturated heterocycles. The summed E-state index contributed by atoms with van der Waals surface area (Å²) in [6, 6.07) is 13.9. The molecule has 0 spiro atoms. The fourth-order valence-electron chi connectivity index (χ4n) is 1.98. The number of hydrogen-bond acceptors (Lipinski definition) is 4. The lowest BCUT2D eigenvalue weighted by Gasteiger charge is -2.10. The Hall–Kier alpha value is -2.59. The number of ketones is 1. The van der Waals surface area contributed by atoms with Crippen molar-refractivity contribution in [2.75, 3.05) is 11.9 Å². The SMILES string of the molecule is CCOC(=O)/C(=C/C(=O)c1ccc(C)cc1)Nc1ccc(Cl)cc1. The smallest absolute Gasteiger partial charge is 0.354 e. The lowest BCUT2D eigenvalue weighted by molar-refractivity contribution is -0.138. The van der Waals surface area contributed by atoms with Gasteiger partial charge in [-0.1, -0.05) is 41.4 Å². The molecule has 2 rings (SSSR count). The summed E-state index contributed by atoms with van der Waals surface area (Å²) < 4.78 is 5.01. The molecular formula is C19H18ClNO3. The van der Waals surface area contributed by atoms with Crippen molar-refractivity contribution in [2.45, 2.75) is 13.8 Å². The predicted octanol–water partition coefficient (Wildman–Crippen LogP) is 4.39. The molecular weight excluding hydrogens is 326 g/mol. The van der Waals surface area contributed by atoms with Crippen molar-refractivity contribution in [3.8, 4) is 0 Å². The van der Waals surface area contributed by atoms with Gasteiger partial charge in [-0.05, 0) is 38.1 Å². The largest absolute Gasteiger partial charge is 0.461 e. The van der Waals surface area contributed by atoms with Crippen LogP contribution in [0.3, 0.4) is 0 Å². The van der Waals surface area contributed by atoms with Crippen LogP contribution in [0.4, 0.5) is 5.69 Å². The van der Waals surface area contributed by atoms with Gasteiger partial charge in [0.05, 0.1) is 6.61 Å². The molecule has 0 aliphatic heterocycles. The van der Waals surface area contributed by atoms with Gasteiger partial charge in [-0.15, -0.1) is 0 Å². The van der Waals surface area contributed by atoms with E-state index in [1.807, 2.05) is 19.1 Å². The number of carbonyl (C=O) groups excluding carboxylic acids is 2. The first-order valence-electron chi connectivity index (χ1n) is 7.52. The van der Waals surface area contributed by atoms with Crippen LogP contribution < -0.4 is 5.32 Å². The fraction of sp³-hybridized carbons (Fsp3) is 0.158. The topological polar surface area (TPSA) is 55.4 Å². The minimum atomic E-state index is -0.590. The highest BCUT2D eigenvalue weighted by molar-refractivity contribution is 6.30. The lowest BCUT2D eigenvalue weighted by atomic mass is 10.1. The molecule has 4 nitrogen and oxygen atoms in total. The standard InChI is InChI=1S/C19H18ClNO3/c1-3-24-19(23)17(21-16-10-8-15(20)9-11-16)12-18(22)14-6-4-13(2)5-7-14/h4-12,21H,3H2,1-2H3/b17-12-. The van der Waals surface area contributed by atoms with Crippen LogP contribution >= 0.6 is 11.6 Å². The van der Waals surface area contributed by atoms with Crippen LogP contribution in [0.1, 0.15) is 22.8 Å². The summed E-state index contributed by atoms with van der Waals surface area (Å²) in [5.41, 5.74) is 2.26. The van der Waals surface area contributed by atoms with Crippen molar-refractivity contribution in [3.05, 3.63) is 76.5 Å². The van der Waals surface area contributed by atoms with Crippen LogP contribution in [0, 0.1) is 6.92 Å². The minimum absolute atomic E-state index is 0.0738. The second-order valence-electron chi connectivity index (χ2n) is 5.14. The molecule has 0 bridgehead atoms. The summed E-state index contributed by atoms with van der Waals surface area (Å²) in [4.78, 5) is 24.5. The Balaban J connectivity index is 2.27. The molecule has 0 saturated carbocycles. The Morgan fingerprint density at radius 3 is 2.29 bits per heavy atom. The van der Waals surface area contributed by atoms with E-state index >= 15 is 0 Å². The normalized spacial score (nSPS) is 11.0. The second-order valence-corrected chi connectivity index (χ2v) is 5.58. The first kappa shape index (κ1) is 17.8. The zero-order valence-electron chi connectivity index (χ0n) is 13.5. The van der Waals surface area contributed by atoms with E-state index in [4.69, 9.17) is 16.3 Å². The van der Waals surface area contributed by atoms with Crippen molar-refractivity contribution >= 4 is 29.0 Å². The summed E-state index contributed by atoms with van der Waals surface area (Å²) in [6.45, 7) is 3.87. The summed E-state index contributed by atoms with van der Waals surface area (Å²) in [7, 11) is 0. The van der Waals surface area contributed by atoms with Gasteiger partial charge >= 0.3 is 5.97 Å². The van der Waals surface area contributed by atoms with E-state index < -0.39 is 5.97 Å². The molecule has 1 N–H and O–H groups in total. The third-order valence-electron chi connectivity index (χ3n) is 3.23. The van der Waals surface area contributed by atoms with Gasteiger partial charge in [0, 0.05) is 22.3 Å². The fourth-order valence-corrected chi connectivity index (χ4v) is 2.10. The molecule has 0 fully saturated rings. The lowest BCUT2D eigenvalue weighted by Crippen LogP contribution is -2.16. The molecule has 124 valence electrons. The number of hydrogen-bond donors (Lipinski definition) is 1. The first-order chi connectivity index (χ1) is 11.5. The molecule has 2 aromatic carbocycles. The molecule has 0 atom stereocenters. The average molecular weight is 344 g/mol. The number of nitrogens with one attached hydrogen (secondary N) is 1. The molecule has 0 aromatic heterocycles. The van der Waals surface area contributed by atoms with Gasteiger partial charge in [0.2, 0.25) is 0 Å². The van der Waals surface area contributed by atoms with Crippen molar-refractivity contribution in [1.29, 1.82) is 0 Å². The third kappa shape index (κ3) is 4.96. The Kier molecular flexibility index (Phi) is 6.15. The minimum Gasteiger partial charge on any atom is -0.461 e. The summed E-state index contributed by atoms with van der Waals surface area (Å²) >= 11 is 5.85. The molecule has 0 radical (unpaired) electrons. The van der Waals surface area contributed by atoms with Crippen molar-refractivity contribution in [1.82, 2.24) is 0 Å². The van der Waals surface area contributed by atoms with Crippen LogP contribution in [-0.2, 0) is 9.53 Å². The van der Waals surface area contributed by atoms with Gasteiger partial charge in [0.15, 0.2) is 5.78 Å². The van der Waals surface area contributed by atoms with E-state index in [0.29, 0.717) is 16.3 Å². The number of allylic oxidation sites excluding steroid dienone is 1. The zero-order chi connectivity index (χ0) is 17.5. The molecule has 0 aliphatic carbocycles. The number of ether oxygens (including phenoxy) is 1. The molecule has 24 heavy (non-hydrogen) atoms. The molecule has 0 aliphatic rings. The van der Waals surface area contributed by atoms with Gasteiger partial charge in [-0.25, -0.2) is 4.79 Å². The van der Waals surface area contributed by atoms with Gasteiger partial charge in [-0.2, -0.15) is 0 Å². The van der Waals surface area contributed by atoms with Crippen molar-refractivity contribution in [3.63, 3.8) is 0 Å². The van der Waals surface area contributed by atoms with Gasteiger partial charge < -0.3 is 10.1 Å². The van der Waals surface area contributed by atoms with E-state index in [-0.39, 0.29) is 18.1 Å².